The quantitative estimate of drug-likeness (QED) is 0.764. The molecule has 2 aromatic carbocycles. The Morgan fingerprint density at radius 2 is 1.52 bits per heavy atom. The van der Waals surface area contributed by atoms with Gasteiger partial charge < -0.3 is 0 Å². The SMILES string of the molecule is Cc1ccc(S(=O)(=O)OC(Cc2ccccc2)C(C)(C)C)cc1. The van der Waals surface area contributed by atoms with Crippen LogP contribution in [0.25, 0.3) is 0 Å². The third-order valence-electron chi connectivity index (χ3n) is 3.78. The summed E-state index contributed by atoms with van der Waals surface area (Å²) in [4.78, 5) is 0.199. The van der Waals surface area contributed by atoms with Crippen LogP contribution in [0.5, 0.6) is 0 Å². The van der Waals surface area contributed by atoms with Crippen LogP contribution < -0.4 is 0 Å². The molecule has 0 aliphatic heterocycles. The molecular formula is C19H24O3S. The van der Waals surface area contributed by atoms with Crippen LogP contribution >= 0.6 is 0 Å². The van der Waals surface area contributed by atoms with E-state index in [0.29, 0.717) is 6.42 Å². The van der Waals surface area contributed by atoms with E-state index in [0.717, 1.165) is 11.1 Å². The molecule has 0 heterocycles. The average Bonchev–Trinajstić information content (AvgIpc) is 2.47. The summed E-state index contributed by atoms with van der Waals surface area (Å²) >= 11 is 0. The fourth-order valence-corrected chi connectivity index (χ4v) is 3.47. The van der Waals surface area contributed by atoms with Crippen molar-refractivity contribution in [3.05, 3.63) is 65.7 Å². The Morgan fingerprint density at radius 3 is 2.04 bits per heavy atom. The van der Waals surface area contributed by atoms with Gasteiger partial charge in [0.05, 0.1) is 11.0 Å². The molecule has 0 saturated carbocycles. The van der Waals surface area contributed by atoms with E-state index in [1.807, 2.05) is 58.0 Å². The summed E-state index contributed by atoms with van der Waals surface area (Å²) in [6, 6.07) is 16.5. The number of aryl methyl sites for hydroxylation is 1. The first kappa shape index (κ1) is 17.7. The predicted octanol–water partition coefficient (Wildman–Crippen LogP) is 4.36. The second-order valence-electron chi connectivity index (χ2n) is 6.91. The molecule has 0 aliphatic carbocycles. The zero-order valence-corrected chi connectivity index (χ0v) is 14.9. The first-order chi connectivity index (χ1) is 10.7. The molecule has 1 unspecified atom stereocenters. The van der Waals surface area contributed by atoms with Crippen molar-refractivity contribution in [2.45, 2.75) is 45.1 Å². The molecule has 1 atom stereocenters. The second kappa shape index (κ2) is 6.85. The van der Waals surface area contributed by atoms with E-state index in [1.54, 1.807) is 24.3 Å². The Kier molecular flexibility index (Phi) is 5.27. The number of rotatable bonds is 5. The fourth-order valence-electron chi connectivity index (χ4n) is 2.23. The van der Waals surface area contributed by atoms with Crippen LogP contribution in [-0.2, 0) is 20.7 Å². The van der Waals surface area contributed by atoms with E-state index in [-0.39, 0.29) is 10.3 Å². The van der Waals surface area contributed by atoms with Crippen molar-refractivity contribution >= 4 is 10.1 Å². The first-order valence-electron chi connectivity index (χ1n) is 7.72. The van der Waals surface area contributed by atoms with Gasteiger partial charge in [-0.3, -0.25) is 4.18 Å². The maximum Gasteiger partial charge on any atom is 0.297 e. The minimum Gasteiger partial charge on any atom is -0.262 e. The van der Waals surface area contributed by atoms with Gasteiger partial charge in [0.25, 0.3) is 10.1 Å². The molecule has 0 amide bonds. The van der Waals surface area contributed by atoms with Gasteiger partial charge in [0.2, 0.25) is 0 Å². The summed E-state index contributed by atoms with van der Waals surface area (Å²) in [5, 5.41) is 0. The third-order valence-corrected chi connectivity index (χ3v) is 5.12. The van der Waals surface area contributed by atoms with Crippen molar-refractivity contribution in [2.24, 2.45) is 5.41 Å². The van der Waals surface area contributed by atoms with Gasteiger partial charge in [0.15, 0.2) is 0 Å². The van der Waals surface area contributed by atoms with Crippen LogP contribution in [0.3, 0.4) is 0 Å². The minimum atomic E-state index is -3.78. The molecule has 0 spiro atoms. The van der Waals surface area contributed by atoms with Crippen molar-refractivity contribution in [2.75, 3.05) is 0 Å². The lowest BCUT2D eigenvalue weighted by Crippen LogP contribution is -2.33. The van der Waals surface area contributed by atoms with Gasteiger partial charge in [-0.2, -0.15) is 8.42 Å². The van der Waals surface area contributed by atoms with Crippen LogP contribution in [-0.4, -0.2) is 14.5 Å². The summed E-state index contributed by atoms with van der Waals surface area (Å²) in [5.74, 6) is 0. The highest BCUT2D eigenvalue weighted by Gasteiger charge is 2.31. The Hall–Kier alpha value is -1.65. The zero-order valence-electron chi connectivity index (χ0n) is 14.1. The Bertz CT molecular complexity index is 726. The molecule has 2 aromatic rings. The molecule has 23 heavy (non-hydrogen) atoms. The molecular weight excluding hydrogens is 308 g/mol. The monoisotopic (exact) mass is 332 g/mol. The van der Waals surface area contributed by atoms with Gasteiger partial charge in [0.1, 0.15) is 0 Å². The largest absolute Gasteiger partial charge is 0.297 e. The van der Waals surface area contributed by atoms with E-state index in [2.05, 4.69) is 0 Å². The molecule has 4 heteroatoms. The highest BCUT2D eigenvalue weighted by Crippen LogP contribution is 2.29. The Balaban J connectivity index is 2.25. The van der Waals surface area contributed by atoms with E-state index in [1.165, 1.54) is 0 Å². The Morgan fingerprint density at radius 1 is 0.957 bits per heavy atom. The van der Waals surface area contributed by atoms with E-state index in [9.17, 15) is 8.42 Å². The smallest absolute Gasteiger partial charge is 0.262 e. The summed E-state index contributed by atoms with van der Waals surface area (Å²) in [6.07, 6.45) is 0.117. The molecule has 0 N–H and O–H groups in total. The van der Waals surface area contributed by atoms with E-state index < -0.39 is 16.2 Å². The second-order valence-corrected chi connectivity index (χ2v) is 8.48. The predicted molar refractivity (Wildman–Crippen MR) is 92.8 cm³/mol. The average molecular weight is 332 g/mol. The molecule has 0 aromatic heterocycles. The van der Waals surface area contributed by atoms with Crippen molar-refractivity contribution in [1.29, 1.82) is 0 Å². The number of benzene rings is 2. The van der Waals surface area contributed by atoms with Gasteiger partial charge in [-0.25, -0.2) is 0 Å². The summed E-state index contributed by atoms with van der Waals surface area (Å²) in [6.45, 7) is 7.90. The Labute approximate surface area is 139 Å². The highest BCUT2D eigenvalue weighted by atomic mass is 32.2. The number of hydrogen-bond acceptors (Lipinski definition) is 3. The highest BCUT2D eigenvalue weighted by molar-refractivity contribution is 7.86. The van der Waals surface area contributed by atoms with Crippen LogP contribution in [0.4, 0.5) is 0 Å². The van der Waals surface area contributed by atoms with Crippen LogP contribution in [0.15, 0.2) is 59.5 Å². The normalized spacial score (nSPS) is 13.7. The maximum absolute atomic E-state index is 12.6. The van der Waals surface area contributed by atoms with Gasteiger partial charge in [0, 0.05) is 6.42 Å². The summed E-state index contributed by atoms with van der Waals surface area (Å²) in [7, 11) is -3.78. The third kappa shape index (κ3) is 4.91. The van der Waals surface area contributed by atoms with Crippen molar-refractivity contribution < 1.29 is 12.6 Å². The lowest BCUT2D eigenvalue weighted by Gasteiger charge is -2.30. The molecule has 2 rings (SSSR count). The molecule has 124 valence electrons. The van der Waals surface area contributed by atoms with Crippen LogP contribution in [0.1, 0.15) is 31.9 Å². The van der Waals surface area contributed by atoms with Crippen molar-refractivity contribution in [1.82, 2.24) is 0 Å². The standard InChI is InChI=1S/C19H24O3S/c1-15-10-12-17(13-11-15)23(20,21)22-18(19(2,3)4)14-16-8-6-5-7-9-16/h5-13,18H,14H2,1-4H3. The minimum absolute atomic E-state index is 0.199. The molecule has 0 bridgehead atoms. The zero-order chi connectivity index (χ0) is 17.1. The van der Waals surface area contributed by atoms with Gasteiger partial charge in [-0.1, -0.05) is 68.8 Å². The van der Waals surface area contributed by atoms with Gasteiger partial charge in [-0.15, -0.1) is 0 Å². The van der Waals surface area contributed by atoms with Crippen molar-refractivity contribution in [3.63, 3.8) is 0 Å². The van der Waals surface area contributed by atoms with Crippen molar-refractivity contribution in [3.8, 4) is 0 Å². The van der Waals surface area contributed by atoms with E-state index >= 15 is 0 Å². The lowest BCUT2D eigenvalue weighted by atomic mass is 9.85. The van der Waals surface area contributed by atoms with Crippen LogP contribution in [0.2, 0.25) is 0 Å². The topological polar surface area (TPSA) is 43.4 Å². The van der Waals surface area contributed by atoms with E-state index in [4.69, 9.17) is 4.18 Å². The molecule has 0 aliphatic rings. The molecule has 0 fully saturated rings. The molecule has 3 nitrogen and oxygen atoms in total. The molecule has 0 radical (unpaired) electrons. The summed E-state index contributed by atoms with van der Waals surface area (Å²) < 4.78 is 30.7. The van der Waals surface area contributed by atoms with Gasteiger partial charge >= 0.3 is 0 Å². The first-order valence-corrected chi connectivity index (χ1v) is 9.13. The molecule has 0 saturated heterocycles. The summed E-state index contributed by atoms with van der Waals surface area (Å²) in [5.41, 5.74) is 1.78. The van der Waals surface area contributed by atoms with Gasteiger partial charge in [-0.05, 0) is 30.0 Å². The number of hydrogen-bond donors (Lipinski definition) is 0. The van der Waals surface area contributed by atoms with Crippen LogP contribution in [0, 0.1) is 12.3 Å². The maximum atomic E-state index is 12.6. The fraction of sp³-hybridized carbons (Fsp3) is 0.368. The lowest BCUT2D eigenvalue weighted by molar-refractivity contribution is 0.0933.